The highest BCUT2D eigenvalue weighted by Crippen LogP contribution is 2.32. The van der Waals surface area contributed by atoms with E-state index in [9.17, 15) is 4.79 Å². The van der Waals surface area contributed by atoms with Gasteiger partial charge in [0.25, 0.3) is 0 Å². The number of fused-ring (bicyclic) bond motifs is 1. The van der Waals surface area contributed by atoms with E-state index < -0.39 is 11.5 Å². The Bertz CT molecular complexity index is 1760. The van der Waals surface area contributed by atoms with E-state index in [1.54, 1.807) is 24.4 Å². The highest BCUT2D eigenvalue weighted by atomic mass is 35.5. The lowest BCUT2D eigenvalue weighted by atomic mass is 9.93. The SMILES string of the molecule is C[C@H](N)CCCc1cc(Cl)c(F)c(-c2cc3cn(-c4ccc([C@@H]5CCC[C@@H](CNCc6cn[nH]c6)N5)cc4)c(=O)nc3[nH]2)c1. The molecule has 0 bridgehead atoms. The van der Waals surface area contributed by atoms with Gasteiger partial charge in [0, 0.05) is 60.1 Å². The molecule has 6 N–H and O–H groups in total. The maximum absolute atomic E-state index is 15.1. The molecule has 4 heterocycles. The van der Waals surface area contributed by atoms with Gasteiger partial charge in [-0.2, -0.15) is 10.1 Å². The summed E-state index contributed by atoms with van der Waals surface area (Å²) in [5.41, 5.74) is 10.7. The number of aromatic nitrogens is 5. The van der Waals surface area contributed by atoms with E-state index in [0.29, 0.717) is 28.3 Å². The molecule has 0 amide bonds. The molecule has 230 valence electrons. The van der Waals surface area contributed by atoms with Gasteiger partial charge in [-0.25, -0.2) is 9.18 Å². The summed E-state index contributed by atoms with van der Waals surface area (Å²) in [5.74, 6) is -0.507. The number of hydrogen-bond acceptors (Lipinski definition) is 6. The highest BCUT2D eigenvalue weighted by molar-refractivity contribution is 6.31. The second-order valence-electron chi connectivity index (χ2n) is 11.9. The molecule has 0 radical (unpaired) electrons. The monoisotopic (exact) mass is 616 g/mol. The van der Waals surface area contributed by atoms with Crippen molar-refractivity contribution >= 4 is 22.6 Å². The van der Waals surface area contributed by atoms with Crippen LogP contribution in [0, 0.1) is 5.82 Å². The molecule has 0 aliphatic carbocycles. The van der Waals surface area contributed by atoms with Crippen LogP contribution in [0.5, 0.6) is 0 Å². The molecule has 3 atom stereocenters. The van der Waals surface area contributed by atoms with Crippen LogP contribution in [0.15, 0.2) is 65.8 Å². The average Bonchev–Trinajstić information content (AvgIpc) is 3.68. The third-order valence-corrected chi connectivity index (χ3v) is 8.62. The van der Waals surface area contributed by atoms with Gasteiger partial charge in [-0.05, 0) is 86.9 Å². The van der Waals surface area contributed by atoms with Gasteiger partial charge in [-0.15, -0.1) is 0 Å². The van der Waals surface area contributed by atoms with E-state index in [2.05, 4.69) is 42.9 Å². The molecule has 1 fully saturated rings. The van der Waals surface area contributed by atoms with E-state index >= 15 is 4.39 Å². The van der Waals surface area contributed by atoms with Crippen LogP contribution < -0.4 is 22.1 Å². The summed E-state index contributed by atoms with van der Waals surface area (Å²) in [6, 6.07) is 14.1. The van der Waals surface area contributed by atoms with Crippen LogP contribution in [0.2, 0.25) is 5.02 Å². The number of piperidine rings is 1. The maximum Gasteiger partial charge on any atom is 0.354 e. The third kappa shape index (κ3) is 6.94. The first-order valence-electron chi connectivity index (χ1n) is 15.2. The van der Waals surface area contributed by atoms with Gasteiger partial charge in [-0.1, -0.05) is 23.7 Å². The van der Waals surface area contributed by atoms with E-state index in [1.807, 2.05) is 31.5 Å². The number of benzene rings is 2. The first kappa shape index (κ1) is 30.2. The lowest BCUT2D eigenvalue weighted by Crippen LogP contribution is -2.43. The molecule has 2 aromatic carbocycles. The number of aryl methyl sites for hydroxylation is 1. The quantitative estimate of drug-likeness (QED) is 0.133. The summed E-state index contributed by atoms with van der Waals surface area (Å²) in [5, 5.41) is 14.9. The molecular formula is C33H38ClFN8O. The minimum Gasteiger partial charge on any atom is -0.339 e. The molecule has 5 aromatic rings. The number of aromatic amines is 2. The number of nitrogens with zero attached hydrogens (tertiary/aromatic N) is 3. The average molecular weight is 617 g/mol. The van der Waals surface area contributed by atoms with Crippen LogP contribution >= 0.6 is 11.6 Å². The van der Waals surface area contributed by atoms with Gasteiger partial charge < -0.3 is 21.4 Å². The van der Waals surface area contributed by atoms with Crippen molar-refractivity contribution in [3.63, 3.8) is 0 Å². The van der Waals surface area contributed by atoms with E-state index in [-0.39, 0.29) is 17.1 Å². The van der Waals surface area contributed by atoms with Gasteiger partial charge >= 0.3 is 5.69 Å². The van der Waals surface area contributed by atoms with Crippen molar-refractivity contribution in [2.24, 2.45) is 5.73 Å². The molecule has 1 aliphatic rings. The van der Waals surface area contributed by atoms with Crippen molar-refractivity contribution in [3.8, 4) is 16.9 Å². The molecule has 44 heavy (non-hydrogen) atoms. The van der Waals surface area contributed by atoms with Gasteiger partial charge in [0.1, 0.15) is 5.65 Å². The predicted octanol–water partition coefficient (Wildman–Crippen LogP) is 5.54. The smallest absolute Gasteiger partial charge is 0.339 e. The molecule has 1 saturated heterocycles. The fourth-order valence-corrected chi connectivity index (χ4v) is 6.26. The zero-order valence-corrected chi connectivity index (χ0v) is 25.5. The number of hydrogen-bond donors (Lipinski definition) is 5. The molecule has 9 nitrogen and oxygen atoms in total. The maximum atomic E-state index is 15.1. The minimum atomic E-state index is -0.507. The summed E-state index contributed by atoms with van der Waals surface area (Å²) in [4.78, 5) is 20.4. The highest BCUT2D eigenvalue weighted by Gasteiger charge is 2.22. The van der Waals surface area contributed by atoms with E-state index in [4.69, 9.17) is 17.3 Å². The zero-order valence-electron chi connectivity index (χ0n) is 24.7. The standard InChI is InChI=1S/C33H38ClFN8O/c1-20(36)4-2-5-21-12-27(31(35)28(34)13-21)30-14-24-19-43(33(44)42-32(24)41-30)26-10-8-23(9-11-26)29-7-3-6-25(40-29)18-37-15-22-16-38-39-17-22/h8-14,16-17,19-20,25,29,37,40H,2-7,15,18,36H2,1H3,(H,38,39)(H,41,42,44)/t20-,25-,29-/m0/s1. The molecule has 0 unspecified atom stereocenters. The second-order valence-corrected chi connectivity index (χ2v) is 12.3. The van der Waals surface area contributed by atoms with E-state index in [1.165, 1.54) is 10.1 Å². The largest absolute Gasteiger partial charge is 0.354 e. The summed E-state index contributed by atoms with van der Waals surface area (Å²) >= 11 is 6.26. The number of nitrogens with one attached hydrogen (secondary N) is 4. The molecule has 0 spiro atoms. The third-order valence-electron chi connectivity index (χ3n) is 8.34. The Labute approximate surface area is 260 Å². The van der Waals surface area contributed by atoms with Gasteiger partial charge in [0.05, 0.1) is 22.6 Å². The Hall–Kier alpha value is -3.83. The first-order chi connectivity index (χ1) is 21.3. The lowest BCUT2D eigenvalue weighted by molar-refractivity contribution is 0.315. The molecular weight excluding hydrogens is 579 g/mol. The van der Waals surface area contributed by atoms with Gasteiger partial charge in [0.15, 0.2) is 5.82 Å². The number of rotatable bonds is 11. The zero-order chi connectivity index (χ0) is 30.6. The van der Waals surface area contributed by atoms with E-state index in [0.717, 1.165) is 68.4 Å². The summed E-state index contributed by atoms with van der Waals surface area (Å²) in [6.45, 7) is 3.64. The van der Waals surface area contributed by atoms with Crippen LogP contribution in [0.25, 0.3) is 28.0 Å². The summed E-state index contributed by atoms with van der Waals surface area (Å²) in [6.07, 6.45) is 11.3. The topological polar surface area (TPSA) is 129 Å². The Morgan fingerprint density at radius 3 is 2.80 bits per heavy atom. The van der Waals surface area contributed by atoms with Crippen molar-refractivity contribution in [3.05, 3.63) is 99.1 Å². The fraction of sp³-hybridized carbons (Fsp3) is 0.364. The second kappa shape index (κ2) is 13.4. The molecule has 0 saturated carbocycles. The molecule has 1 aliphatic heterocycles. The number of H-pyrrole nitrogens is 2. The molecule has 11 heteroatoms. The van der Waals surface area contributed by atoms with Crippen molar-refractivity contribution in [1.29, 1.82) is 0 Å². The van der Waals surface area contributed by atoms with Crippen molar-refractivity contribution in [2.45, 2.75) is 70.1 Å². The Morgan fingerprint density at radius 1 is 1.18 bits per heavy atom. The van der Waals surface area contributed by atoms with Crippen LogP contribution in [-0.4, -0.2) is 43.4 Å². The summed E-state index contributed by atoms with van der Waals surface area (Å²) < 4.78 is 16.7. The minimum absolute atomic E-state index is 0.0638. The van der Waals surface area contributed by atoms with Crippen LogP contribution in [0.1, 0.15) is 61.8 Å². The normalized spacial score (nSPS) is 17.7. The Balaban J connectivity index is 1.17. The first-order valence-corrected chi connectivity index (χ1v) is 15.6. The molecule has 3 aromatic heterocycles. The fourth-order valence-electron chi connectivity index (χ4n) is 6.01. The van der Waals surface area contributed by atoms with Crippen LogP contribution in [0.3, 0.4) is 0 Å². The van der Waals surface area contributed by atoms with Crippen LogP contribution in [-0.2, 0) is 13.0 Å². The van der Waals surface area contributed by atoms with Crippen molar-refractivity contribution < 1.29 is 4.39 Å². The Morgan fingerprint density at radius 2 is 2.02 bits per heavy atom. The van der Waals surface area contributed by atoms with Gasteiger partial charge in [-0.3, -0.25) is 9.67 Å². The summed E-state index contributed by atoms with van der Waals surface area (Å²) in [7, 11) is 0. The predicted molar refractivity (Wildman–Crippen MR) is 172 cm³/mol. The lowest BCUT2D eigenvalue weighted by Gasteiger charge is -2.31. The number of nitrogens with two attached hydrogens (primary N) is 1. The van der Waals surface area contributed by atoms with Crippen molar-refractivity contribution in [2.75, 3.05) is 6.54 Å². The van der Waals surface area contributed by atoms with Crippen molar-refractivity contribution in [1.82, 2.24) is 35.4 Å². The van der Waals surface area contributed by atoms with Crippen LogP contribution in [0.4, 0.5) is 4.39 Å². The number of halogens is 2. The van der Waals surface area contributed by atoms with Gasteiger partial charge in [0.2, 0.25) is 0 Å². The Kier molecular flexibility index (Phi) is 9.22. The molecule has 6 rings (SSSR count).